The van der Waals surface area contributed by atoms with Crippen LogP contribution >= 0.6 is 11.6 Å². The van der Waals surface area contributed by atoms with Gasteiger partial charge in [-0.1, -0.05) is 48.0 Å². The van der Waals surface area contributed by atoms with Gasteiger partial charge in [-0.3, -0.25) is 9.59 Å². The average Bonchev–Trinajstić information content (AvgIpc) is 2.89. The molecule has 4 rings (SSSR count). The summed E-state index contributed by atoms with van der Waals surface area (Å²) in [7, 11) is 2.15. The summed E-state index contributed by atoms with van der Waals surface area (Å²) in [5.74, 6) is -0.580. The summed E-state index contributed by atoms with van der Waals surface area (Å²) >= 11 is 5.98. The molecule has 0 spiro atoms. The number of carboxylic acid groups (broad SMARTS) is 1. The van der Waals surface area contributed by atoms with Crippen LogP contribution in [0.15, 0.2) is 66.7 Å². The van der Waals surface area contributed by atoms with E-state index >= 15 is 0 Å². The summed E-state index contributed by atoms with van der Waals surface area (Å²) in [6.45, 7) is 2.49. The molecule has 0 atom stereocenters. The molecule has 38 heavy (non-hydrogen) atoms. The van der Waals surface area contributed by atoms with E-state index in [4.69, 9.17) is 16.3 Å². The quantitative estimate of drug-likeness (QED) is 0.439. The van der Waals surface area contributed by atoms with Crippen LogP contribution in [0.3, 0.4) is 0 Å². The Morgan fingerprint density at radius 3 is 2.58 bits per heavy atom. The third-order valence-electron chi connectivity index (χ3n) is 6.78. The fraction of sp³-hybridized carbons (Fsp3) is 0.355. The minimum atomic E-state index is -1.04. The first-order chi connectivity index (χ1) is 18.4. The highest BCUT2D eigenvalue weighted by Crippen LogP contribution is 2.26. The first-order valence-electron chi connectivity index (χ1n) is 13.1. The van der Waals surface area contributed by atoms with E-state index < -0.39 is 5.97 Å². The highest BCUT2D eigenvalue weighted by Gasteiger charge is 2.20. The maximum atomic E-state index is 13.5. The topological polar surface area (TPSA) is 70.1 Å². The molecule has 0 radical (unpaired) electrons. The number of ether oxygens (including phenoxy) is 1. The van der Waals surface area contributed by atoms with E-state index in [9.17, 15) is 14.7 Å². The van der Waals surface area contributed by atoms with Gasteiger partial charge in [0.25, 0.3) is 5.91 Å². The molecule has 200 valence electrons. The van der Waals surface area contributed by atoms with Crippen LogP contribution in [-0.4, -0.2) is 60.1 Å². The number of carbonyl (C=O) groups excluding carboxylic acids is 1. The summed E-state index contributed by atoms with van der Waals surface area (Å²) in [6, 6.07) is 21.3. The molecule has 1 aliphatic rings. The molecule has 1 aliphatic heterocycles. The lowest BCUT2D eigenvalue weighted by Crippen LogP contribution is -2.37. The number of carbonyl (C=O) groups is 2. The maximum absolute atomic E-state index is 13.5. The van der Waals surface area contributed by atoms with Crippen LogP contribution < -0.4 is 4.74 Å². The van der Waals surface area contributed by atoms with Gasteiger partial charge >= 0.3 is 5.97 Å². The van der Waals surface area contributed by atoms with Crippen molar-refractivity contribution in [3.05, 3.63) is 99.6 Å². The fourth-order valence-electron chi connectivity index (χ4n) is 4.80. The number of halogens is 1. The summed E-state index contributed by atoms with van der Waals surface area (Å²) < 4.78 is 6.16. The van der Waals surface area contributed by atoms with Crippen molar-refractivity contribution in [2.75, 3.05) is 33.3 Å². The Morgan fingerprint density at radius 1 is 1.00 bits per heavy atom. The molecule has 0 aliphatic carbocycles. The molecule has 3 aromatic rings. The van der Waals surface area contributed by atoms with Gasteiger partial charge in [0.15, 0.2) is 0 Å². The Balaban J connectivity index is 1.58. The molecule has 0 unspecified atom stereocenters. The zero-order valence-corrected chi connectivity index (χ0v) is 22.6. The van der Waals surface area contributed by atoms with Gasteiger partial charge in [-0.2, -0.15) is 0 Å². The Bertz CT molecular complexity index is 1240. The Kier molecular flexibility index (Phi) is 9.79. The van der Waals surface area contributed by atoms with Crippen LogP contribution in [0.4, 0.5) is 0 Å². The summed E-state index contributed by atoms with van der Waals surface area (Å²) in [5, 5.41) is 10.1. The maximum Gasteiger partial charge on any atom is 0.323 e. The molecule has 3 aromatic carbocycles. The summed E-state index contributed by atoms with van der Waals surface area (Å²) in [6.07, 6.45) is 4.34. The molecule has 1 heterocycles. The van der Waals surface area contributed by atoms with Crippen molar-refractivity contribution in [2.24, 2.45) is 0 Å². The molecule has 2 bridgehead atoms. The summed E-state index contributed by atoms with van der Waals surface area (Å²) in [4.78, 5) is 28.8. The van der Waals surface area contributed by atoms with Crippen LogP contribution in [0.2, 0.25) is 5.02 Å². The predicted molar refractivity (Wildman–Crippen MR) is 150 cm³/mol. The first-order valence-corrected chi connectivity index (χ1v) is 13.5. The van der Waals surface area contributed by atoms with Gasteiger partial charge in [-0.15, -0.1) is 0 Å². The lowest BCUT2D eigenvalue weighted by Gasteiger charge is -2.22. The molecular formula is C31H35ClN2O4. The van der Waals surface area contributed by atoms with E-state index in [1.807, 2.05) is 24.3 Å². The normalized spacial score (nSPS) is 14.6. The van der Waals surface area contributed by atoms with Gasteiger partial charge < -0.3 is 19.6 Å². The standard InChI is InChI=1S/C31H35ClN2O4/c1-33-15-3-2-4-17-38-29-13-10-26(20-27(29)19-24-6-5-7-25(18-24)21-33)31(37)34(22-30(35)36)16-14-23-8-11-28(32)12-9-23/h5-13,18,20H,2-4,14-17,19,21-22H2,1H3,(H,35,36). The number of aliphatic carboxylic acids is 1. The average molecular weight is 535 g/mol. The monoisotopic (exact) mass is 534 g/mol. The van der Waals surface area contributed by atoms with Crippen LogP contribution in [0.5, 0.6) is 5.75 Å². The van der Waals surface area contributed by atoms with Crippen molar-refractivity contribution in [2.45, 2.75) is 38.6 Å². The number of hydrogen-bond acceptors (Lipinski definition) is 4. The third-order valence-corrected chi connectivity index (χ3v) is 7.04. The summed E-state index contributed by atoms with van der Waals surface area (Å²) in [5.41, 5.74) is 4.77. The molecule has 0 saturated carbocycles. The van der Waals surface area contributed by atoms with Gasteiger partial charge in [-0.25, -0.2) is 0 Å². The number of amides is 1. The molecule has 1 amide bonds. The molecule has 6 nitrogen and oxygen atoms in total. The van der Waals surface area contributed by atoms with Gasteiger partial charge in [0, 0.05) is 30.1 Å². The predicted octanol–water partition coefficient (Wildman–Crippen LogP) is 5.69. The van der Waals surface area contributed by atoms with Gasteiger partial charge in [0.1, 0.15) is 12.3 Å². The number of hydrogen-bond donors (Lipinski definition) is 1. The van der Waals surface area contributed by atoms with Crippen molar-refractivity contribution < 1.29 is 19.4 Å². The zero-order valence-electron chi connectivity index (χ0n) is 21.9. The SMILES string of the molecule is CN1CCCCCOc2ccc(C(=O)N(CCc3ccc(Cl)cc3)CC(=O)O)cc2Cc2cccc(c2)C1. The van der Waals surface area contributed by atoms with E-state index in [1.165, 1.54) is 10.5 Å². The third kappa shape index (κ3) is 8.07. The van der Waals surface area contributed by atoms with E-state index in [0.29, 0.717) is 30.0 Å². The largest absolute Gasteiger partial charge is 0.493 e. The number of rotatable bonds is 6. The second-order valence-electron chi connectivity index (χ2n) is 9.96. The van der Waals surface area contributed by atoms with Crippen molar-refractivity contribution >= 4 is 23.5 Å². The number of fused-ring (bicyclic) bond motifs is 3. The van der Waals surface area contributed by atoms with Crippen LogP contribution in [-0.2, 0) is 24.2 Å². The van der Waals surface area contributed by atoms with Gasteiger partial charge in [0.05, 0.1) is 6.61 Å². The fourth-order valence-corrected chi connectivity index (χ4v) is 4.92. The van der Waals surface area contributed by atoms with E-state index in [2.05, 4.69) is 36.2 Å². The minimum absolute atomic E-state index is 0.288. The lowest BCUT2D eigenvalue weighted by atomic mass is 9.99. The van der Waals surface area contributed by atoms with E-state index in [0.717, 1.165) is 54.8 Å². The Hall–Kier alpha value is -3.35. The van der Waals surface area contributed by atoms with Crippen molar-refractivity contribution in [3.8, 4) is 5.75 Å². The highest BCUT2D eigenvalue weighted by molar-refractivity contribution is 6.30. The number of benzene rings is 3. The van der Waals surface area contributed by atoms with Crippen LogP contribution in [0.25, 0.3) is 0 Å². The van der Waals surface area contributed by atoms with E-state index in [-0.39, 0.29) is 19.0 Å². The van der Waals surface area contributed by atoms with Crippen molar-refractivity contribution in [1.82, 2.24) is 9.80 Å². The van der Waals surface area contributed by atoms with Gasteiger partial charge in [-0.05, 0) is 91.9 Å². The Morgan fingerprint density at radius 2 is 1.79 bits per heavy atom. The molecule has 0 aromatic heterocycles. The van der Waals surface area contributed by atoms with Crippen molar-refractivity contribution in [1.29, 1.82) is 0 Å². The second-order valence-corrected chi connectivity index (χ2v) is 10.4. The highest BCUT2D eigenvalue weighted by atomic mass is 35.5. The number of nitrogens with zero attached hydrogens (tertiary/aromatic N) is 2. The smallest absolute Gasteiger partial charge is 0.323 e. The minimum Gasteiger partial charge on any atom is -0.493 e. The zero-order chi connectivity index (χ0) is 26.9. The molecular weight excluding hydrogens is 500 g/mol. The van der Waals surface area contributed by atoms with Crippen LogP contribution in [0, 0.1) is 0 Å². The first kappa shape index (κ1) is 27.7. The van der Waals surface area contributed by atoms with Crippen LogP contribution in [0.1, 0.15) is 51.9 Å². The molecule has 0 saturated heterocycles. The second kappa shape index (κ2) is 13.4. The van der Waals surface area contributed by atoms with Gasteiger partial charge in [0.2, 0.25) is 0 Å². The lowest BCUT2D eigenvalue weighted by molar-refractivity contribution is -0.137. The molecule has 0 fully saturated rings. The Labute approximate surface area is 229 Å². The molecule has 1 N–H and O–H groups in total. The molecule has 7 heteroatoms. The van der Waals surface area contributed by atoms with Crippen molar-refractivity contribution in [3.63, 3.8) is 0 Å². The number of carboxylic acids is 1. The van der Waals surface area contributed by atoms with E-state index in [1.54, 1.807) is 18.2 Å².